The minimum atomic E-state index is -0.271. The summed E-state index contributed by atoms with van der Waals surface area (Å²) < 4.78 is 5.67. The Balaban J connectivity index is 2.16. The molecule has 0 unspecified atom stereocenters. The lowest BCUT2D eigenvalue weighted by atomic mass is 10.0. The Morgan fingerprint density at radius 2 is 1.95 bits per heavy atom. The third-order valence-corrected chi connectivity index (χ3v) is 3.59. The third kappa shape index (κ3) is 2.10. The van der Waals surface area contributed by atoms with Crippen LogP contribution in [-0.4, -0.2) is 16.0 Å². The van der Waals surface area contributed by atoms with Crippen LogP contribution in [-0.2, 0) is 12.2 Å². The smallest absolute Gasteiger partial charge is 0.174 e. The van der Waals surface area contributed by atoms with Gasteiger partial charge in [0, 0.05) is 29.9 Å². The average molecular weight is 288 g/mol. The first-order valence-electron chi connectivity index (χ1n) is 6.08. The molecule has 4 nitrogen and oxygen atoms in total. The first-order chi connectivity index (χ1) is 9.58. The second-order valence-corrected chi connectivity index (χ2v) is 4.96. The number of aromatic hydroxyl groups is 2. The van der Waals surface area contributed by atoms with Gasteiger partial charge in [-0.05, 0) is 11.6 Å². The van der Waals surface area contributed by atoms with Crippen molar-refractivity contribution in [3.05, 3.63) is 47.0 Å². The lowest BCUT2D eigenvalue weighted by Crippen LogP contribution is -2.02. The summed E-state index contributed by atoms with van der Waals surface area (Å²) in [4.78, 5) is 12.3. The number of carbonyl (C=O) groups excluding carboxylic acids is 1. The van der Waals surface area contributed by atoms with E-state index in [4.69, 9.17) is 4.74 Å². The molecule has 20 heavy (non-hydrogen) atoms. The molecule has 0 atom stereocenters. The molecule has 0 spiro atoms. The molecule has 5 heteroatoms. The van der Waals surface area contributed by atoms with Crippen LogP contribution < -0.4 is 4.74 Å². The summed E-state index contributed by atoms with van der Waals surface area (Å²) in [7, 11) is 0. The van der Waals surface area contributed by atoms with Gasteiger partial charge >= 0.3 is 0 Å². The third-order valence-electron chi connectivity index (χ3n) is 3.22. The first-order valence-corrected chi connectivity index (χ1v) is 6.71. The molecule has 0 bridgehead atoms. The number of Topliss-reactive ketones (excluding diaryl/α,β-unsaturated/α-hetero) is 1. The molecule has 2 aromatic rings. The molecular formula is C15H12O4S. The Labute approximate surface area is 121 Å². The highest BCUT2D eigenvalue weighted by Crippen LogP contribution is 2.40. The monoisotopic (exact) mass is 288 g/mol. The highest BCUT2D eigenvalue weighted by Gasteiger charge is 2.25. The topological polar surface area (TPSA) is 66.8 Å². The number of fused-ring (bicyclic) bond motifs is 2. The van der Waals surface area contributed by atoms with E-state index in [0.29, 0.717) is 11.5 Å². The van der Waals surface area contributed by atoms with Crippen molar-refractivity contribution in [3.63, 3.8) is 0 Å². The van der Waals surface area contributed by atoms with Crippen molar-refractivity contribution in [3.8, 4) is 23.0 Å². The largest absolute Gasteiger partial charge is 0.508 e. The maximum absolute atomic E-state index is 12.3. The summed E-state index contributed by atoms with van der Waals surface area (Å²) in [6.07, 6.45) is 0.141. The Hall–Kier alpha value is -2.14. The van der Waals surface area contributed by atoms with Gasteiger partial charge in [-0.2, -0.15) is 12.6 Å². The summed E-state index contributed by atoms with van der Waals surface area (Å²) in [5, 5.41) is 19.4. The lowest BCUT2D eigenvalue weighted by molar-refractivity contribution is 0.0991. The minimum absolute atomic E-state index is 0.103. The van der Waals surface area contributed by atoms with E-state index in [0.717, 1.165) is 17.2 Å². The normalized spacial score (nSPS) is 13.2. The van der Waals surface area contributed by atoms with Crippen LogP contribution in [0.15, 0.2) is 30.3 Å². The molecule has 0 aromatic heterocycles. The van der Waals surface area contributed by atoms with Crippen LogP contribution >= 0.6 is 12.6 Å². The average Bonchev–Trinajstić information content (AvgIpc) is 2.52. The summed E-state index contributed by atoms with van der Waals surface area (Å²) in [6, 6.07) is 7.96. The van der Waals surface area contributed by atoms with E-state index in [1.807, 2.05) is 12.1 Å². The summed E-state index contributed by atoms with van der Waals surface area (Å²) in [5.41, 5.74) is 1.84. The molecule has 0 saturated heterocycles. The zero-order valence-corrected chi connectivity index (χ0v) is 11.4. The predicted molar refractivity (Wildman–Crippen MR) is 77.0 cm³/mol. The number of rotatable bonds is 1. The second kappa shape index (κ2) is 4.76. The number of phenols is 2. The second-order valence-electron chi connectivity index (χ2n) is 4.64. The van der Waals surface area contributed by atoms with Crippen LogP contribution in [0.2, 0.25) is 0 Å². The molecule has 0 aliphatic carbocycles. The number of benzene rings is 2. The van der Waals surface area contributed by atoms with Crippen molar-refractivity contribution in [1.29, 1.82) is 0 Å². The molecule has 0 saturated carbocycles. The molecule has 0 amide bonds. The van der Waals surface area contributed by atoms with Crippen molar-refractivity contribution in [1.82, 2.24) is 0 Å². The van der Waals surface area contributed by atoms with Crippen LogP contribution in [0.25, 0.3) is 0 Å². The summed E-state index contributed by atoms with van der Waals surface area (Å²) >= 11 is 4.21. The molecular weight excluding hydrogens is 276 g/mol. The van der Waals surface area contributed by atoms with E-state index in [1.165, 1.54) is 6.07 Å². The van der Waals surface area contributed by atoms with E-state index in [1.54, 1.807) is 6.07 Å². The van der Waals surface area contributed by atoms with Gasteiger partial charge in [0.15, 0.2) is 5.78 Å². The van der Waals surface area contributed by atoms with E-state index < -0.39 is 0 Å². The quantitative estimate of drug-likeness (QED) is 0.706. The number of carbonyl (C=O) groups is 1. The number of ether oxygens (including phenoxy) is 1. The fourth-order valence-electron chi connectivity index (χ4n) is 2.30. The van der Waals surface area contributed by atoms with Gasteiger partial charge in [-0.15, -0.1) is 0 Å². The van der Waals surface area contributed by atoms with Crippen molar-refractivity contribution in [2.75, 3.05) is 0 Å². The first kappa shape index (κ1) is 12.9. The fraction of sp³-hybridized carbons (Fsp3) is 0.133. The van der Waals surface area contributed by atoms with Crippen LogP contribution in [0.5, 0.6) is 23.0 Å². The Kier molecular flexibility index (Phi) is 3.06. The van der Waals surface area contributed by atoms with Gasteiger partial charge in [0.2, 0.25) is 0 Å². The highest BCUT2D eigenvalue weighted by atomic mass is 32.1. The maximum atomic E-state index is 12.3. The van der Waals surface area contributed by atoms with E-state index in [9.17, 15) is 15.0 Å². The maximum Gasteiger partial charge on any atom is 0.174 e. The van der Waals surface area contributed by atoms with E-state index in [-0.39, 0.29) is 35.0 Å². The van der Waals surface area contributed by atoms with Crippen LogP contribution in [0.3, 0.4) is 0 Å². The predicted octanol–water partition coefficient (Wildman–Crippen LogP) is 3.06. The Morgan fingerprint density at radius 1 is 1.15 bits per heavy atom. The molecule has 1 aliphatic heterocycles. The minimum Gasteiger partial charge on any atom is -0.508 e. The molecule has 1 heterocycles. The molecule has 1 aliphatic rings. The van der Waals surface area contributed by atoms with Gasteiger partial charge in [0.25, 0.3) is 0 Å². The Morgan fingerprint density at radius 3 is 2.70 bits per heavy atom. The summed E-state index contributed by atoms with van der Waals surface area (Å²) in [6.45, 7) is 0. The van der Waals surface area contributed by atoms with Crippen LogP contribution in [0.1, 0.15) is 21.5 Å². The number of phenolic OH excluding ortho intramolecular Hbond substituents is 2. The van der Waals surface area contributed by atoms with Gasteiger partial charge < -0.3 is 14.9 Å². The van der Waals surface area contributed by atoms with Gasteiger partial charge in [0.1, 0.15) is 28.6 Å². The van der Waals surface area contributed by atoms with Crippen molar-refractivity contribution in [2.24, 2.45) is 0 Å². The van der Waals surface area contributed by atoms with Crippen molar-refractivity contribution < 1.29 is 19.7 Å². The molecule has 0 radical (unpaired) electrons. The van der Waals surface area contributed by atoms with Crippen molar-refractivity contribution >= 4 is 18.4 Å². The summed E-state index contributed by atoms with van der Waals surface area (Å²) in [5.74, 6) is 0.627. The molecule has 2 N–H and O–H groups in total. The van der Waals surface area contributed by atoms with Gasteiger partial charge in [-0.3, -0.25) is 4.79 Å². The number of ketones is 1. The standard InChI is InChI=1S/C15H12O4S/c16-10-5-12(18)15-11(17)4-9-3-8(7-20)1-2-13(9)19-14(15)6-10/h1-3,5-6,16,18,20H,4,7H2. The zero-order chi connectivity index (χ0) is 14.3. The van der Waals surface area contributed by atoms with E-state index >= 15 is 0 Å². The number of hydrogen-bond donors (Lipinski definition) is 3. The fourth-order valence-corrected chi connectivity index (χ4v) is 2.49. The van der Waals surface area contributed by atoms with Gasteiger partial charge in [0.05, 0.1) is 0 Å². The Bertz CT molecular complexity index is 709. The SMILES string of the molecule is O=C1Cc2cc(CS)ccc2Oc2cc(O)cc(O)c21. The zero-order valence-electron chi connectivity index (χ0n) is 10.5. The van der Waals surface area contributed by atoms with Crippen LogP contribution in [0, 0.1) is 0 Å². The highest BCUT2D eigenvalue weighted by molar-refractivity contribution is 7.79. The van der Waals surface area contributed by atoms with Crippen LogP contribution in [0.4, 0.5) is 0 Å². The molecule has 2 aromatic carbocycles. The molecule has 0 fully saturated rings. The van der Waals surface area contributed by atoms with Gasteiger partial charge in [-0.1, -0.05) is 12.1 Å². The molecule has 102 valence electrons. The van der Waals surface area contributed by atoms with Gasteiger partial charge in [-0.25, -0.2) is 0 Å². The molecule has 3 rings (SSSR count). The van der Waals surface area contributed by atoms with Crippen molar-refractivity contribution in [2.45, 2.75) is 12.2 Å². The lowest BCUT2D eigenvalue weighted by Gasteiger charge is -2.10. The van der Waals surface area contributed by atoms with E-state index in [2.05, 4.69) is 12.6 Å². The number of thiol groups is 1. The number of hydrogen-bond acceptors (Lipinski definition) is 5.